The summed E-state index contributed by atoms with van der Waals surface area (Å²) in [4.78, 5) is 30.4. The standard InChI is InChI=1S/C32H44FN3O5/c1-22(2)36(25-7-5-13-34-20-25)31(37)18-23-8-10-27(30(17-23)41-16-6-15-39-3)28-19-24(9-11-29(28)33)32(38)35-14-12-26(21-35)40-4/h8-11,17,19,22,25-26,34H,5-7,12-16,18,20-21H2,1-4H3/t25-,26?/m1/s1. The zero-order chi connectivity index (χ0) is 29.4. The molecule has 1 unspecified atom stereocenters. The normalized spacial score (nSPS) is 19.0. The molecule has 0 spiro atoms. The number of nitrogens with zero attached hydrogens (tertiary/aromatic N) is 2. The SMILES string of the molecule is COCCCOc1cc(CC(=O)N(C(C)C)[C@@H]2CCCNC2)ccc1-c1cc(C(=O)N2CCC(OC)C2)ccc1F. The summed E-state index contributed by atoms with van der Waals surface area (Å²) in [5, 5.41) is 3.40. The number of carbonyl (C=O) groups is 2. The summed E-state index contributed by atoms with van der Waals surface area (Å²) in [6, 6.07) is 10.2. The highest BCUT2D eigenvalue weighted by atomic mass is 19.1. The Kier molecular flexibility index (Phi) is 11.1. The molecule has 0 aromatic heterocycles. The Labute approximate surface area is 243 Å². The first kappa shape index (κ1) is 30.9. The van der Waals surface area contributed by atoms with Gasteiger partial charge in [-0.05, 0) is 69.5 Å². The van der Waals surface area contributed by atoms with Crippen LogP contribution in [0.25, 0.3) is 11.1 Å². The minimum Gasteiger partial charge on any atom is -0.493 e. The van der Waals surface area contributed by atoms with Crippen molar-refractivity contribution in [3.8, 4) is 16.9 Å². The fourth-order valence-corrected chi connectivity index (χ4v) is 5.81. The number of likely N-dealkylation sites (tertiary alicyclic amines) is 1. The van der Waals surface area contributed by atoms with Crippen LogP contribution in [0.4, 0.5) is 4.39 Å². The maximum atomic E-state index is 15.3. The monoisotopic (exact) mass is 569 g/mol. The molecule has 2 heterocycles. The third kappa shape index (κ3) is 7.84. The van der Waals surface area contributed by atoms with Crippen LogP contribution in [0.5, 0.6) is 5.75 Å². The second-order valence-corrected chi connectivity index (χ2v) is 11.2. The van der Waals surface area contributed by atoms with Crippen LogP contribution in [0.1, 0.15) is 55.5 Å². The quantitative estimate of drug-likeness (QED) is 0.384. The molecule has 2 aliphatic rings. The van der Waals surface area contributed by atoms with E-state index < -0.39 is 5.82 Å². The lowest BCUT2D eigenvalue weighted by Gasteiger charge is -2.37. The number of nitrogens with one attached hydrogen (secondary N) is 1. The van der Waals surface area contributed by atoms with Gasteiger partial charge in [-0.15, -0.1) is 0 Å². The van der Waals surface area contributed by atoms with Gasteiger partial charge in [0.25, 0.3) is 5.91 Å². The third-order valence-electron chi connectivity index (χ3n) is 7.93. The van der Waals surface area contributed by atoms with Gasteiger partial charge in [-0.1, -0.05) is 12.1 Å². The van der Waals surface area contributed by atoms with Crippen LogP contribution in [0.2, 0.25) is 0 Å². The van der Waals surface area contributed by atoms with Gasteiger partial charge >= 0.3 is 0 Å². The Morgan fingerprint density at radius 3 is 2.61 bits per heavy atom. The zero-order valence-corrected chi connectivity index (χ0v) is 24.8. The van der Waals surface area contributed by atoms with Gasteiger partial charge in [-0.2, -0.15) is 0 Å². The van der Waals surface area contributed by atoms with Crippen LogP contribution in [0.3, 0.4) is 0 Å². The number of hydrogen-bond acceptors (Lipinski definition) is 6. The molecule has 9 heteroatoms. The number of benzene rings is 2. The van der Waals surface area contributed by atoms with Gasteiger partial charge in [0, 0.05) is 75.7 Å². The van der Waals surface area contributed by atoms with Crippen LogP contribution in [0, 0.1) is 5.82 Å². The lowest BCUT2D eigenvalue weighted by molar-refractivity contribution is -0.135. The van der Waals surface area contributed by atoms with Crippen LogP contribution in [-0.2, 0) is 20.7 Å². The Hall–Kier alpha value is -3.01. The van der Waals surface area contributed by atoms with E-state index in [0.717, 1.165) is 37.9 Å². The topological polar surface area (TPSA) is 80.3 Å². The molecule has 2 amide bonds. The highest BCUT2D eigenvalue weighted by molar-refractivity contribution is 5.96. The molecule has 41 heavy (non-hydrogen) atoms. The van der Waals surface area contributed by atoms with Crippen molar-refractivity contribution >= 4 is 11.8 Å². The zero-order valence-electron chi connectivity index (χ0n) is 24.8. The van der Waals surface area contributed by atoms with Crippen molar-refractivity contribution in [2.24, 2.45) is 0 Å². The highest BCUT2D eigenvalue weighted by Gasteiger charge is 2.29. The van der Waals surface area contributed by atoms with E-state index >= 15 is 4.39 Å². The van der Waals surface area contributed by atoms with Crippen molar-refractivity contribution in [1.29, 1.82) is 0 Å². The van der Waals surface area contributed by atoms with Crippen molar-refractivity contribution in [2.45, 2.75) is 64.1 Å². The summed E-state index contributed by atoms with van der Waals surface area (Å²) in [6.07, 6.45) is 3.71. The number of carbonyl (C=O) groups excluding carboxylic acids is 2. The summed E-state index contributed by atoms with van der Waals surface area (Å²) in [6.45, 7) is 7.90. The first-order valence-corrected chi connectivity index (χ1v) is 14.7. The fraction of sp³-hybridized carbons (Fsp3) is 0.562. The molecule has 4 rings (SSSR count). The molecule has 8 nitrogen and oxygen atoms in total. The molecule has 224 valence electrons. The van der Waals surface area contributed by atoms with Gasteiger partial charge < -0.3 is 29.3 Å². The maximum Gasteiger partial charge on any atom is 0.253 e. The third-order valence-corrected chi connectivity index (χ3v) is 7.93. The van der Waals surface area contributed by atoms with Gasteiger partial charge in [-0.3, -0.25) is 9.59 Å². The summed E-state index contributed by atoms with van der Waals surface area (Å²) < 4.78 is 31.9. The first-order chi connectivity index (χ1) is 19.8. The van der Waals surface area contributed by atoms with Crippen LogP contribution < -0.4 is 10.1 Å². The van der Waals surface area contributed by atoms with Crippen molar-refractivity contribution in [2.75, 3.05) is 53.6 Å². The van der Waals surface area contributed by atoms with Gasteiger partial charge in [0.1, 0.15) is 11.6 Å². The van der Waals surface area contributed by atoms with Crippen LogP contribution >= 0.6 is 0 Å². The number of ether oxygens (including phenoxy) is 3. The van der Waals surface area contributed by atoms with E-state index in [4.69, 9.17) is 14.2 Å². The largest absolute Gasteiger partial charge is 0.493 e. The summed E-state index contributed by atoms with van der Waals surface area (Å²) in [7, 11) is 3.28. The molecule has 0 saturated carbocycles. The number of methoxy groups -OCH3 is 2. The smallest absolute Gasteiger partial charge is 0.253 e. The molecule has 2 aromatic carbocycles. The average molecular weight is 570 g/mol. The lowest BCUT2D eigenvalue weighted by atomic mass is 9.97. The molecule has 1 N–H and O–H groups in total. The number of rotatable bonds is 12. The van der Waals surface area contributed by atoms with Crippen molar-refractivity contribution in [3.05, 3.63) is 53.3 Å². The fourth-order valence-electron chi connectivity index (χ4n) is 5.81. The predicted octanol–water partition coefficient (Wildman–Crippen LogP) is 4.30. The van der Waals surface area contributed by atoms with E-state index in [1.165, 1.54) is 12.1 Å². The van der Waals surface area contributed by atoms with E-state index in [1.807, 2.05) is 17.0 Å². The van der Waals surface area contributed by atoms with E-state index in [9.17, 15) is 9.59 Å². The number of piperidine rings is 1. The van der Waals surface area contributed by atoms with Gasteiger partial charge in [0.15, 0.2) is 0 Å². The minimum absolute atomic E-state index is 0.0159. The van der Waals surface area contributed by atoms with E-state index in [1.54, 1.807) is 31.3 Å². The Balaban J connectivity index is 1.60. The second-order valence-electron chi connectivity index (χ2n) is 11.2. The molecule has 0 aliphatic carbocycles. The van der Waals surface area contributed by atoms with Crippen LogP contribution in [-0.4, -0.2) is 93.4 Å². The number of hydrogen-bond donors (Lipinski definition) is 1. The molecule has 2 saturated heterocycles. The number of amides is 2. The van der Waals surface area contributed by atoms with Crippen molar-refractivity contribution in [3.63, 3.8) is 0 Å². The average Bonchev–Trinajstić information content (AvgIpc) is 3.45. The molecule has 0 bridgehead atoms. The minimum atomic E-state index is -0.445. The van der Waals surface area contributed by atoms with E-state index in [2.05, 4.69) is 19.2 Å². The number of halogens is 1. The second kappa shape index (κ2) is 14.8. The predicted molar refractivity (Wildman–Crippen MR) is 157 cm³/mol. The Morgan fingerprint density at radius 2 is 1.93 bits per heavy atom. The van der Waals surface area contributed by atoms with Gasteiger partial charge in [0.2, 0.25) is 5.91 Å². The maximum absolute atomic E-state index is 15.3. The summed E-state index contributed by atoms with van der Waals surface area (Å²) in [5.41, 5.74) is 2.04. The van der Waals surface area contributed by atoms with E-state index in [0.29, 0.717) is 49.6 Å². The van der Waals surface area contributed by atoms with Gasteiger partial charge in [-0.25, -0.2) is 4.39 Å². The van der Waals surface area contributed by atoms with Crippen molar-refractivity contribution in [1.82, 2.24) is 15.1 Å². The Morgan fingerprint density at radius 1 is 1.10 bits per heavy atom. The highest BCUT2D eigenvalue weighted by Crippen LogP contribution is 2.34. The summed E-state index contributed by atoms with van der Waals surface area (Å²) >= 11 is 0. The lowest BCUT2D eigenvalue weighted by Crippen LogP contribution is -2.52. The Bertz CT molecular complexity index is 1180. The molecule has 2 aromatic rings. The summed E-state index contributed by atoms with van der Waals surface area (Å²) in [5.74, 6) is -0.0582. The molecular weight excluding hydrogens is 525 g/mol. The first-order valence-electron chi connectivity index (χ1n) is 14.7. The van der Waals surface area contributed by atoms with E-state index in [-0.39, 0.29) is 42.0 Å². The van der Waals surface area contributed by atoms with Gasteiger partial charge in [0.05, 0.1) is 19.1 Å². The molecular formula is C32H44FN3O5. The molecule has 2 fully saturated rings. The van der Waals surface area contributed by atoms with Crippen LogP contribution in [0.15, 0.2) is 36.4 Å². The molecule has 2 aliphatic heterocycles. The molecule has 0 radical (unpaired) electrons. The molecule has 2 atom stereocenters. The van der Waals surface area contributed by atoms with Crippen molar-refractivity contribution < 1.29 is 28.2 Å².